The molecule has 0 aliphatic carbocycles. The lowest BCUT2D eigenvalue weighted by molar-refractivity contribution is 0.409. The van der Waals surface area contributed by atoms with Gasteiger partial charge in [-0.15, -0.1) is 0 Å². The van der Waals surface area contributed by atoms with Gasteiger partial charge in [-0.2, -0.15) is 0 Å². The van der Waals surface area contributed by atoms with Crippen molar-refractivity contribution in [3.05, 3.63) is 28.8 Å². The third-order valence-corrected chi connectivity index (χ3v) is 2.50. The first-order chi connectivity index (χ1) is 6.79. The molecular weight excluding hydrogens is 198 g/mol. The lowest BCUT2D eigenvalue weighted by atomic mass is 10.1. The molecule has 0 bridgehead atoms. The van der Waals surface area contributed by atoms with Gasteiger partial charge in [0.05, 0.1) is 7.11 Å². The van der Waals surface area contributed by atoms with Crippen molar-refractivity contribution in [3.63, 3.8) is 0 Å². The molecule has 0 amide bonds. The van der Waals surface area contributed by atoms with E-state index in [1.165, 1.54) is 0 Å². The van der Waals surface area contributed by atoms with Crippen molar-refractivity contribution in [2.45, 2.75) is 12.8 Å². The third-order valence-electron chi connectivity index (χ3n) is 2.15. The summed E-state index contributed by atoms with van der Waals surface area (Å²) in [7, 11) is 3.62. The first kappa shape index (κ1) is 11.3. The molecule has 0 atom stereocenters. The van der Waals surface area contributed by atoms with E-state index in [0.717, 1.165) is 35.7 Å². The summed E-state index contributed by atoms with van der Waals surface area (Å²) in [5.74, 6) is 0.883. The van der Waals surface area contributed by atoms with Crippen LogP contribution in [0.3, 0.4) is 0 Å². The van der Waals surface area contributed by atoms with Gasteiger partial charge >= 0.3 is 0 Å². The van der Waals surface area contributed by atoms with E-state index in [0.29, 0.717) is 0 Å². The van der Waals surface area contributed by atoms with Crippen LogP contribution in [0.15, 0.2) is 18.2 Å². The molecule has 3 heteroatoms. The van der Waals surface area contributed by atoms with Crippen molar-refractivity contribution in [3.8, 4) is 5.75 Å². The Morgan fingerprint density at radius 3 is 2.86 bits per heavy atom. The second-order valence-corrected chi connectivity index (χ2v) is 3.53. The summed E-state index contributed by atoms with van der Waals surface area (Å²) in [5, 5.41) is 3.90. The van der Waals surface area contributed by atoms with Gasteiger partial charge in [-0.05, 0) is 38.6 Å². The molecule has 0 radical (unpaired) electrons. The van der Waals surface area contributed by atoms with Crippen molar-refractivity contribution in [2.75, 3.05) is 20.7 Å². The maximum absolute atomic E-state index is 6.09. The van der Waals surface area contributed by atoms with Gasteiger partial charge in [0.2, 0.25) is 0 Å². The summed E-state index contributed by atoms with van der Waals surface area (Å²) in [6.07, 6.45) is 2.01. The first-order valence-corrected chi connectivity index (χ1v) is 5.13. The predicted molar refractivity (Wildman–Crippen MR) is 60.3 cm³/mol. The number of methoxy groups -OCH3 is 1. The van der Waals surface area contributed by atoms with Crippen molar-refractivity contribution in [1.82, 2.24) is 5.32 Å². The molecule has 1 aromatic rings. The summed E-state index contributed by atoms with van der Waals surface area (Å²) in [6.45, 7) is 0.994. The Morgan fingerprint density at radius 1 is 1.43 bits per heavy atom. The van der Waals surface area contributed by atoms with Crippen LogP contribution in [0.5, 0.6) is 5.75 Å². The molecule has 0 saturated carbocycles. The topological polar surface area (TPSA) is 21.3 Å². The number of halogens is 1. The molecule has 0 saturated heterocycles. The van der Waals surface area contributed by atoms with Crippen molar-refractivity contribution >= 4 is 11.6 Å². The summed E-state index contributed by atoms with van der Waals surface area (Å²) in [5.41, 5.74) is 1.10. The van der Waals surface area contributed by atoms with Gasteiger partial charge in [-0.25, -0.2) is 0 Å². The fourth-order valence-corrected chi connectivity index (χ4v) is 1.68. The van der Waals surface area contributed by atoms with E-state index in [-0.39, 0.29) is 0 Å². The van der Waals surface area contributed by atoms with Crippen molar-refractivity contribution in [1.29, 1.82) is 0 Å². The molecule has 78 valence electrons. The molecule has 0 unspecified atom stereocenters. The summed E-state index contributed by atoms with van der Waals surface area (Å²) < 4.78 is 5.25. The highest BCUT2D eigenvalue weighted by Gasteiger charge is 2.06. The highest BCUT2D eigenvalue weighted by molar-refractivity contribution is 6.31. The maximum Gasteiger partial charge on any atom is 0.123 e. The van der Waals surface area contributed by atoms with Crippen LogP contribution >= 0.6 is 11.6 Å². The van der Waals surface area contributed by atoms with E-state index in [1.54, 1.807) is 7.11 Å². The van der Waals surface area contributed by atoms with Crippen LogP contribution in [-0.2, 0) is 6.42 Å². The predicted octanol–water partition coefficient (Wildman–Crippen LogP) is 2.50. The van der Waals surface area contributed by atoms with Gasteiger partial charge in [-0.1, -0.05) is 17.7 Å². The Labute approximate surface area is 90.2 Å². The Kier molecular flexibility index (Phi) is 4.77. The van der Waals surface area contributed by atoms with Crippen LogP contribution in [0.4, 0.5) is 0 Å². The van der Waals surface area contributed by atoms with Gasteiger partial charge in [0.25, 0.3) is 0 Å². The lowest BCUT2D eigenvalue weighted by Gasteiger charge is -2.09. The minimum atomic E-state index is 0.792. The van der Waals surface area contributed by atoms with Gasteiger partial charge in [0, 0.05) is 10.6 Å². The smallest absolute Gasteiger partial charge is 0.123 e. The monoisotopic (exact) mass is 213 g/mol. The summed E-state index contributed by atoms with van der Waals surface area (Å²) in [4.78, 5) is 0. The fourth-order valence-electron chi connectivity index (χ4n) is 1.41. The number of ether oxygens (including phenoxy) is 1. The van der Waals surface area contributed by atoms with E-state index < -0.39 is 0 Å². The molecule has 2 nitrogen and oxygen atoms in total. The Hall–Kier alpha value is -0.730. The molecule has 0 aliphatic rings. The zero-order chi connectivity index (χ0) is 10.4. The van der Waals surface area contributed by atoms with Crippen LogP contribution in [-0.4, -0.2) is 20.7 Å². The normalized spacial score (nSPS) is 10.2. The number of hydrogen-bond acceptors (Lipinski definition) is 2. The minimum absolute atomic E-state index is 0.792. The largest absolute Gasteiger partial charge is 0.496 e. The maximum atomic E-state index is 6.09. The molecule has 0 aromatic heterocycles. The van der Waals surface area contributed by atoms with Crippen molar-refractivity contribution in [2.24, 2.45) is 0 Å². The Bertz CT molecular complexity index is 289. The fraction of sp³-hybridized carbons (Fsp3) is 0.455. The van der Waals surface area contributed by atoms with E-state index in [2.05, 4.69) is 5.32 Å². The number of benzene rings is 1. The van der Waals surface area contributed by atoms with E-state index >= 15 is 0 Å². The standard InChI is InChI=1S/C11H16ClNO/c1-13-8-4-5-9-10(12)6-3-7-11(9)14-2/h3,6-7,13H,4-5,8H2,1-2H3. The molecule has 0 heterocycles. The number of hydrogen-bond donors (Lipinski definition) is 1. The minimum Gasteiger partial charge on any atom is -0.496 e. The van der Waals surface area contributed by atoms with Gasteiger partial charge in [0.1, 0.15) is 5.75 Å². The van der Waals surface area contributed by atoms with Crippen LogP contribution < -0.4 is 10.1 Å². The third kappa shape index (κ3) is 2.89. The van der Waals surface area contributed by atoms with E-state index in [9.17, 15) is 0 Å². The van der Waals surface area contributed by atoms with Gasteiger partial charge in [-0.3, -0.25) is 0 Å². The zero-order valence-corrected chi connectivity index (χ0v) is 9.40. The van der Waals surface area contributed by atoms with E-state index in [1.807, 2.05) is 25.2 Å². The lowest BCUT2D eigenvalue weighted by Crippen LogP contribution is -2.08. The highest BCUT2D eigenvalue weighted by atomic mass is 35.5. The molecular formula is C11H16ClNO. The molecule has 1 rings (SSSR count). The molecule has 0 aliphatic heterocycles. The molecule has 1 N–H and O–H groups in total. The number of rotatable bonds is 5. The summed E-state index contributed by atoms with van der Waals surface area (Å²) >= 11 is 6.09. The average Bonchev–Trinajstić information content (AvgIpc) is 2.20. The van der Waals surface area contributed by atoms with Crippen LogP contribution in [0.1, 0.15) is 12.0 Å². The Balaban J connectivity index is 2.72. The molecule has 1 aromatic carbocycles. The average molecular weight is 214 g/mol. The van der Waals surface area contributed by atoms with Crippen LogP contribution in [0.25, 0.3) is 0 Å². The van der Waals surface area contributed by atoms with Crippen LogP contribution in [0.2, 0.25) is 5.02 Å². The van der Waals surface area contributed by atoms with Crippen LogP contribution in [0, 0.1) is 0 Å². The quantitative estimate of drug-likeness (QED) is 0.759. The van der Waals surface area contributed by atoms with Gasteiger partial charge < -0.3 is 10.1 Å². The Morgan fingerprint density at radius 2 is 2.21 bits per heavy atom. The molecule has 0 fully saturated rings. The highest BCUT2D eigenvalue weighted by Crippen LogP contribution is 2.27. The second kappa shape index (κ2) is 5.89. The second-order valence-electron chi connectivity index (χ2n) is 3.13. The first-order valence-electron chi connectivity index (χ1n) is 4.75. The van der Waals surface area contributed by atoms with Gasteiger partial charge in [0.15, 0.2) is 0 Å². The summed E-state index contributed by atoms with van der Waals surface area (Å²) in [6, 6.07) is 5.75. The van der Waals surface area contributed by atoms with Crippen molar-refractivity contribution < 1.29 is 4.74 Å². The number of nitrogens with one attached hydrogen (secondary N) is 1. The zero-order valence-electron chi connectivity index (χ0n) is 8.64. The SMILES string of the molecule is CNCCCc1c(Cl)cccc1OC. The van der Waals surface area contributed by atoms with E-state index in [4.69, 9.17) is 16.3 Å². The molecule has 0 spiro atoms. The molecule has 14 heavy (non-hydrogen) atoms.